The second-order valence-electron chi connectivity index (χ2n) is 9.24. The smallest absolute Gasteiger partial charge is 0.123 e. The molecule has 1 saturated heterocycles. The molecule has 0 aliphatic carbocycles. The number of likely N-dealkylation sites (tertiary alicyclic amines) is 1. The number of ether oxygens (including phenoxy) is 1. The molecule has 2 aromatic carbocycles. The summed E-state index contributed by atoms with van der Waals surface area (Å²) in [4.78, 5) is 6.10. The second-order valence-corrected chi connectivity index (χ2v) is 9.24. The first-order valence-electron chi connectivity index (χ1n) is 11.8. The summed E-state index contributed by atoms with van der Waals surface area (Å²) in [6, 6.07) is 17.4. The summed E-state index contributed by atoms with van der Waals surface area (Å²) in [6.45, 7) is 4.63. The number of benzene rings is 2. The highest BCUT2D eigenvalue weighted by atomic mass is 16.5. The van der Waals surface area contributed by atoms with Gasteiger partial charge in [-0.3, -0.25) is 0 Å². The van der Waals surface area contributed by atoms with E-state index >= 15 is 0 Å². The van der Waals surface area contributed by atoms with Crippen molar-refractivity contribution in [2.45, 2.75) is 56.8 Å². The van der Waals surface area contributed by atoms with Gasteiger partial charge in [0.1, 0.15) is 5.75 Å². The SMILES string of the molecule is c1ccc2c(c1)OCCC21CCN(CCCCCCc2c[nH]c3ccccc23)CC1. The van der Waals surface area contributed by atoms with E-state index in [9.17, 15) is 0 Å². The third kappa shape index (κ3) is 4.00. The average Bonchev–Trinajstić information content (AvgIpc) is 3.21. The summed E-state index contributed by atoms with van der Waals surface area (Å²) in [5, 5.41) is 1.40. The molecule has 1 fully saturated rings. The van der Waals surface area contributed by atoms with Gasteiger partial charge in [0.25, 0.3) is 0 Å². The molecule has 1 N–H and O–H groups in total. The number of H-pyrrole nitrogens is 1. The number of unbranched alkanes of at least 4 members (excludes halogenated alkanes) is 3. The highest BCUT2D eigenvalue weighted by Gasteiger charge is 2.39. The van der Waals surface area contributed by atoms with Gasteiger partial charge in [0.2, 0.25) is 0 Å². The van der Waals surface area contributed by atoms with Crippen LogP contribution in [0.3, 0.4) is 0 Å². The molecule has 0 radical (unpaired) electrons. The number of aromatic nitrogens is 1. The molecular weight excluding hydrogens is 368 g/mol. The van der Waals surface area contributed by atoms with Crippen molar-refractivity contribution in [1.29, 1.82) is 0 Å². The van der Waals surface area contributed by atoms with Crippen molar-refractivity contribution in [2.75, 3.05) is 26.2 Å². The van der Waals surface area contributed by atoms with Gasteiger partial charge < -0.3 is 14.6 Å². The minimum atomic E-state index is 0.366. The zero-order valence-electron chi connectivity index (χ0n) is 18.0. The van der Waals surface area contributed by atoms with Crippen LogP contribution in [0.2, 0.25) is 0 Å². The summed E-state index contributed by atoms with van der Waals surface area (Å²) in [6.07, 6.45) is 12.5. The molecule has 30 heavy (non-hydrogen) atoms. The number of hydrogen-bond acceptors (Lipinski definition) is 2. The maximum Gasteiger partial charge on any atom is 0.123 e. The van der Waals surface area contributed by atoms with Crippen molar-refractivity contribution >= 4 is 10.9 Å². The average molecular weight is 403 g/mol. The van der Waals surface area contributed by atoms with Crippen LogP contribution in [0, 0.1) is 0 Å². The molecule has 0 saturated carbocycles. The molecule has 3 heteroatoms. The number of aromatic amines is 1. The molecule has 2 aliphatic rings. The Balaban J connectivity index is 1.03. The van der Waals surface area contributed by atoms with Crippen LogP contribution in [0.4, 0.5) is 0 Å². The topological polar surface area (TPSA) is 28.3 Å². The minimum absolute atomic E-state index is 0.366. The minimum Gasteiger partial charge on any atom is -0.493 e. The lowest BCUT2D eigenvalue weighted by Crippen LogP contribution is -2.45. The van der Waals surface area contributed by atoms with Crippen LogP contribution in [-0.2, 0) is 11.8 Å². The van der Waals surface area contributed by atoms with Gasteiger partial charge in [0.05, 0.1) is 6.61 Å². The fraction of sp³-hybridized carbons (Fsp3) is 0.481. The number of nitrogens with one attached hydrogen (secondary N) is 1. The van der Waals surface area contributed by atoms with Crippen LogP contribution < -0.4 is 4.74 Å². The predicted octanol–water partition coefficient (Wildman–Crippen LogP) is 6.09. The zero-order chi connectivity index (χ0) is 20.2. The number of para-hydroxylation sites is 2. The van der Waals surface area contributed by atoms with E-state index in [2.05, 4.69) is 64.6 Å². The lowest BCUT2D eigenvalue weighted by molar-refractivity contribution is 0.115. The third-order valence-electron chi connectivity index (χ3n) is 7.46. The molecule has 0 unspecified atom stereocenters. The van der Waals surface area contributed by atoms with Gasteiger partial charge in [-0.25, -0.2) is 0 Å². The normalized spacial score (nSPS) is 18.4. The van der Waals surface area contributed by atoms with Crippen molar-refractivity contribution in [3.8, 4) is 5.75 Å². The summed E-state index contributed by atoms with van der Waals surface area (Å²) in [5.41, 5.74) is 4.57. The first-order chi connectivity index (χ1) is 14.8. The predicted molar refractivity (Wildman–Crippen MR) is 124 cm³/mol. The molecule has 1 aromatic heterocycles. The largest absolute Gasteiger partial charge is 0.493 e. The molecule has 0 atom stereocenters. The van der Waals surface area contributed by atoms with Gasteiger partial charge in [0.15, 0.2) is 0 Å². The Kier molecular flexibility index (Phi) is 5.81. The van der Waals surface area contributed by atoms with Crippen LogP contribution in [0.25, 0.3) is 10.9 Å². The highest BCUT2D eigenvalue weighted by molar-refractivity contribution is 5.82. The maximum atomic E-state index is 5.92. The van der Waals surface area contributed by atoms with Crippen LogP contribution in [0.1, 0.15) is 56.1 Å². The van der Waals surface area contributed by atoms with Crippen molar-refractivity contribution in [2.24, 2.45) is 0 Å². The summed E-state index contributed by atoms with van der Waals surface area (Å²) in [7, 11) is 0. The number of fused-ring (bicyclic) bond motifs is 3. The van der Waals surface area contributed by atoms with Gasteiger partial charge in [-0.15, -0.1) is 0 Å². The fourth-order valence-corrected chi connectivity index (χ4v) is 5.59. The van der Waals surface area contributed by atoms with Crippen LogP contribution in [-0.4, -0.2) is 36.1 Å². The molecule has 0 bridgehead atoms. The van der Waals surface area contributed by atoms with Crippen molar-refractivity contribution < 1.29 is 4.74 Å². The third-order valence-corrected chi connectivity index (χ3v) is 7.46. The molecule has 3 nitrogen and oxygen atoms in total. The molecule has 5 rings (SSSR count). The first kappa shape index (κ1) is 19.7. The summed E-state index contributed by atoms with van der Waals surface area (Å²) in [5.74, 6) is 1.13. The van der Waals surface area contributed by atoms with Gasteiger partial charge in [-0.2, -0.15) is 0 Å². The Morgan fingerprint density at radius 1 is 0.867 bits per heavy atom. The lowest BCUT2D eigenvalue weighted by Gasteiger charge is -2.45. The monoisotopic (exact) mass is 402 g/mol. The Morgan fingerprint density at radius 3 is 2.60 bits per heavy atom. The number of nitrogens with zero attached hydrogens (tertiary/aromatic N) is 1. The van der Waals surface area contributed by atoms with Crippen LogP contribution in [0.15, 0.2) is 54.7 Å². The van der Waals surface area contributed by atoms with Crippen LogP contribution in [0.5, 0.6) is 5.75 Å². The quantitative estimate of drug-likeness (QED) is 0.485. The van der Waals surface area contributed by atoms with Gasteiger partial charge in [-0.1, -0.05) is 49.2 Å². The number of rotatable bonds is 7. The number of aryl methyl sites for hydroxylation is 1. The number of hydrogen-bond donors (Lipinski definition) is 1. The Morgan fingerprint density at radius 2 is 1.67 bits per heavy atom. The molecule has 3 aromatic rings. The lowest BCUT2D eigenvalue weighted by atomic mass is 9.69. The van der Waals surface area contributed by atoms with E-state index in [1.54, 1.807) is 0 Å². The van der Waals surface area contributed by atoms with Gasteiger partial charge >= 0.3 is 0 Å². The number of piperidine rings is 1. The second kappa shape index (κ2) is 8.85. The summed E-state index contributed by atoms with van der Waals surface area (Å²) < 4.78 is 5.92. The van der Waals surface area contributed by atoms with E-state index in [1.165, 1.54) is 93.0 Å². The molecule has 0 amide bonds. The van der Waals surface area contributed by atoms with Crippen molar-refractivity contribution in [3.05, 3.63) is 65.9 Å². The molecular formula is C27H34N2O. The van der Waals surface area contributed by atoms with Crippen LogP contribution >= 0.6 is 0 Å². The van der Waals surface area contributed by atoms with E-state index < -0.39 is 0 Å². The van der Waals surface area contributed by atoms with E-state index in [0.717, 1.165) is 12.4 Å². The Hall–Kier alpha value is -2.26. The fourth-order valence-electron chi connectivity index (χ4n) is 5.59. The standard InChI is InChI=1S/C27H34N2O/c1(3-9-22-21-28-25-12-6-4-10-23(22)25)2-8-17-29-18-14-27(15-19-29)16-20-30-26-13-7-5-11-24(26)27/h4-7,10-13,21,28H,1-3,8-9,14-20H2. The van der Waals surface area contributed by atoms with Crippen molar-refractivity contribution in [3.63, 3.8) is 0 Å². The summed E-state index contributed by atoms with van der Waals surface area (Å²) >= 11 is 0. The van der Waals surface area contributed by atoms with E-state index in [0.29, 0.717) is 5.41 Å². The highest BCUT2D eigenvalue weighted by Crippen LogP contribution is 2.45. The van der Waals surface area contributed by atoms with E-state index in [-0.39, 0.29) is 0 Å². The van der Waals surface area contributed by atoms with Gasteiger partial charge in [0, 0.05) is 28.1 Å². The molecule has 2 aliphatic heterocycles. The molecule has 3 heterocycles. The van der Waals surface area contributed by atoms with Gasteiger partial charge in [-0.05, 0) is 75.9 Å². The maximum absolute atomic E-state index is 5.92. The Bertz CT molecular complexity index is 968. The van der Waals surface area contributed by atoms with E-state index in [4.69, 9.17) is 4.74 Å². The van der Waals surface area contributed by atoms with E-state index in [1.807, 2.05) is 0 Å². The van der Waals surface area contributed by atoms with Crippen molar-refractivity contribution in [1.82, 2.24) is 9.88 Å². The Labute approximate surface area is 180 Å². The first-order valence-corrected chi connectivity index (χ1v) is 11.8. The molecule has 158 valence electrons. The zero-order valence-corrected chi connectivity index (χ0v) is 18.0. The molecule has 1 spiro atoms.